The average Bonchev–Trinajstić information content (AvgIpc) is 3.55. The van der Waals surface area contributed by atoms with Crippen LogP contribution in [-0.4, -0.2) is 44.8 Å². The zero-order chi connectivity index (χ0) is 23.5. The first-order valence-electron chi connectivity index (χ1n) is 13.1. The molecule has 180 valence electrons. The molecule has 1 unspecified atom stereocenters. The molecule has 0 spiro atoms. The number of para-hydroxylation sites is 1. The van der Waals surface area contributed by atoms with Gasteiger partial charge >= 0.3 is 0 Å². The second kappa shape index (κ2) is 8.16. The summed E-state index contributed by atoms with van der Waals surface area (Å²) in [4.78, 5) is 7.64. The van der Waals surface area contributed by atoms with Crippen molar-refractivity contribution in [2.75, 3.05) is 19.7 Å². The van der Waals surface area contributed by atoms with Gasteiger partial charge in [-0.3, -0.25) is 0 Å². The Labute approximate surface area is 206 Å². The van der Waals surface area contributed by atoms with Gasteiger partial charge in [-0.05, 0) is 62.3 Å². The van der Waals surface area contributed by atoms with E-state index in [4.69, 9.17) is 15.5 Å². The van der Waals surface area contributed by atoms with E-state index in [-0.39, 0.29) is 0 Å². The van der Waals surface area contributed by atoms with Crippen LogP contribution < -0.4 is 10.5 Å². The molecule has 1 saturated carbocycles. The lowest BCUT2D eigenvalue weighted by atomic mass is 9.99. The van der Waals surface area contributed by atoms with Crippen molar-refractivity contribution >= 4 is 27.6 Å². The van der Waals surface area contributed by atoms with Gasteiger partial charge in [-0.2, -0.15) is 0 Å². The summed E-state index contributed by atoms with van der Waals surface area (Å²) in [5.41, 5.74) is 12.8. The highest BCUT2D eigenvalue weighted by atomic mass is 16.5. The summed E-state index contributed by atoms with van der Waals surface area (Å²) in [7, 11) is 0. The molecule has 1 aliphatic carbocycles. The first-order valence-corrected chi connectivity index (χ1v) is 13.1. The minimum absolute atomic E-state index is 0.357. The van der Waals surface area contributed by atoms with Crippen molar-refractivity contribution in [3.05, 3.63) is 54.6 Å². The fourth-order valence-electron chi connectivity index (χ4n) is 6.08. The highest BCUT2D eigenvalue weighted by Crippen LogP contribution is 2.40. The summed E-state index contributed by atoms with van der Waals surface area (Å²) >= 11 is 0. The van der Waals surface area contributed by atoms with Crippen LogP contribution >= 0.6 is 0 Å². The summed E-state index contributed by atoms with van der Waals surface area (Å²) in [6.45, 7) is 8.69. The van der Waals surface area contributed by atoms with Gasteiger partial charge in [0.25, 0.3) is 0 Å². The van der Waals surface area contributed by atoms with Crippen molar-refractivity contribution < 1.29 is 4.74 Å². The minimum Gasteiger partial charge on any atom is -0.489 e. The number of likely N-dealkylation sites (tertiary alicyclic amines) is 1. The van der Waals surface area contributed by atoms with E-state index in [1.165, 1.54) is 42.3 Å². The smallest absolute Gasteiger partial charge is 0.158 e. The average molecular weight is 468 g/mol. The molecule has 2 aromatic carbocycles. The molecule has 0 bridgehead atoms. The Balaban J connectivity index is 1.36. The lowest BCUT2D eigenvalue weighted by Crippen LogP contribution is -2.42. The van der Waals surface area contributed by atoms with Crippen molar-refractivity contribution in [2.45, 2.75) is 51.2 Å². The van der Waals surface area contributed by atoms with Crippen molar-refractivity contribution in [3.8, 4) is 17.3 Å². The van der Waals surface area contributed by atoms with E-state index in [1.807, 2.05) is 0 Å². The molecular weight excluding hydrogens is 434 g/mol. The molecule has 6 heteroatoms. The SMILES string of the molecule is C=C(c1cc2c3c(c1)nc(-c1cc4ccccc4n1CC1CC1)n3CCO2)N1CCCCC1CN. The summed E-state index contributed by atoms with van der Waals surface area (Å²) in [5.74, 6) is 2.74. The lowest BCUT2D eigenvalue weighted by molar-refractivity contribution is 0.233. The van der Waals surface area contributed by atoms with Crippen LogP contribution in [0.15, 0.2) is 49.0 Å². The molecule has 6 nitrogen and oxygen atoms in total. The Morgan fingerprint density at radius 3 is 2.83 bits per heavy atom. The van der Waals surface area contributed by atoms with E-state index in [0.717, 1.165) is 65.8 Å². The summed E-state index contributed by atoms with van der Waals surface area (Å²) in [6, 6.07) is 15.7. The minimum atomic E-state index is 0.357. The van der Waals surface area contributed by atoms with Crippen molar-refractivity contribution in [2.24, 2.45) is 11.7 Å². The number of imidazole rings is 1. The molecule has 7 rings (SSSR count). The molecule has 35 heavy (non-hydrogen) atoms. The van der Waals surface area contributed by atoms with Crippen LogP contribution in [0.25, 0.3) is 39.2 Å². The number of ether oxygens (including phenoxy) is 1. The van der Waals surface area contributed by atoms with E-state index in [2.05, 4.69) is 63.1 Å². The topological polar surface area (TPSA) is 61.2 Å². The van der Waals surface area contributed by atoms with Gasteiger partial charge in [0, 0.05) is 47.8 Å². The number of nitrogens with zero attached hydrogens (tertiary/aromatic N) is 4. The Bertz CT molecular complexity index is 1440. The molecule has 3 aliphatic rings. The zero-order valence-electron chi connectivity index (χ0n) is 20.2. The molecule has 0 amide bonds. The van der Waals surface area contributed by atoms with Crippen molar-refractivity contribution in [3.63, 3.8) is 0 Å². The highest BCUT2D eigenvalue weighted by molar-refractivity contribution is 5.92. The number of hydrogen-bond acceptors (Lipinski definition) is 4. The first kappa shape index (κ1) is 21.1. The molecule has 4 aromatic rings. The Morgan fingerprint density at radius 2 is 1.97 bits per heavy atom. The Hall–Kier alpha value is -3.25. The maximum absolute atomic E-state index is 6.19. The third kappa shape index (κ3) is 3.46. The summed E-state index contributed by atoms with van der Waals surface area (Å²) in [6.07, 6.45) is 6.21. The molecule has 2 fully saturated rings. The number of piperidine rings is 1. The summed E-state index contributed by atoms with van der Waals surface area (Å²) < 4.78 is 11.0. The number of aromatic nitrogens is 3. The summed E-state index contributed by atoms with van der Waals surface area (Å²) in [5, 5.41) is 1.28. The fraction of sp³-hybridized carbons (Fsp3) is 0.414. The normalized spacial score (nSPS) is 19.9. The number of benzene rings is 2. The van der Waals surface area contributed by atoms with E-state index in [0.29, 0.717) is 19.2 Å². The van der Waals surface area contributed by atoms with Gasteiger partial charge in [-0.25, -0.2) is 4.98 Å². The Kier molecular flexibility index (Phi) is 4.91. The van der Waals surface area contributed by atoms with Gasteiger partial charge in [-0.15, -0.1) is 0 Å². The van der Waals surface area contributed by atoms with Crippen LogP contribution in [0.2, 0.25) is 0 Å². The molecule has 2 aromatic heterocycles. The van der Waals surface area contributed by atoms with Crippen molar-refractivity contribution in [1.82, 2.24) is 19.0 Å². The van der Waals surface area contributed by atoms with E-state index < -0.39 is 0 Å². The molecule has 0 radical (unpaired) electrons. The number of rotatable bonds is 6. The third-order valence-corrected chi connectivity index (χ3v) is 8.14. The quantitative estimate of drug-likeness (QED) is 0.421. The molecule has 2 N–H and O–H groups in total. The van der Waals surface area contributed by atoms with E-state index >= 15 is 0 Å². The van der Waals surface area contributed by atoms with Crippen LogP contribution in [0.5, 0.6) is 5.75 Å². The van der Waals surface area contributed by atoms with Gasteiger partial charge in [0.05, 0.1) is 17.8 Å². The fourth-order valence-corrected chi connectivity index (χ4v) is 6.08. The maximum atomic E-state index is 6.19. The van der Waals surface area contributed by atoms with E-state index in [1.54, 1.807) is 0 Å². The van der Waals surface area contributed by atoms with Gasteiger partial charge in [0.15, 0.2) is 5.82 Å². The van der Waals surface area contributed by atoms with Gasteiger partial charge in [0.1, 0.15) is 17.9 Å². The molecule has 2 aliphatic heterocycles. The van der Waals surface area contributed by atoms with Crippen LogP contribution in [0.4, 0.5) is 0 Å². The molecule has 1 saturated heterocycles. The zero-order valence-corrected chi connectivity index (χ0v) is 20.2. The second-order valence-corrected chi connectivity index (χ2v) is 10.4. The highest BCUT2D eigenvalue weighted by Gasteiger charge is 2.29. The maximum Gasteiger partial charge on any atom is 0.158 e. The largest absolute Gasteiger partial charge is 0.489 e. The molecular formula is C29H33N5O. The second-order valence-electron chi connectivity index (χ2n) is 10.4. The first-order chi connectivity index (χ1) is 17.2. The lowest BCUT2D eigenvalue weighted by Gasteiger charge is -2.38. The predicted molar refractivity (Wildman–Crippen MR) is 141 cm³/mol. The van der Waals surface area contributed by atoms with Crippen molar-refractivity contribution in [1.29, 1.82) is 0 Å². The van der Waals surface area contributed by atoms with Crippen LogP contribution in [0.1, 0.15) is 37.7 Å². The van der Waals surface area contributed by atoms with E-state index in [9.17, 15) is 0 Å². The number of fused-ring (bicyclic) bond motifs is 1. The van der Waals surface area contributed by atoms with Gasteiger partial charge < -0.3 is 24.5 Å². The third-order valence-electron chi connectivity index (χ3n) is 8.14. The van der Waals surface area contributed by atoms with Crippen LogP contribution in [0.3, 0.4) is 0 Å². The predicted octanol–water partition coefficient (Wildman–Crippen LogP) is 5.24. The Morgan fingerprint density at radius 1 is 1.09 bits per heavy atom. The van der Waals surface area contributed by atoms with Crippen LogP contribution in [0, 0.1) is 5.92 Å². The number of nitrogens with two attached hydrogens (primary N) is 1. The van der Waals surface area contributed by atoms with Gasteiger partial charge in [-0.1, -0.05) is 24.8 Å². The molecule has 1 atom stereocenters. The standard InChI is InChI=1S/C29H33N5O/c1-19(32-11-5-4-7-23(32)17-30)22-14-24-28-27(16-22)35-13-12-33(28)29(31-24)26-15-21-6-2-3-8-25(21)34(26)18-20-9-10-20/h2-3,6,8,14-16,20,23H,1,4-5,7,9-13,17-18,30H2. The van der Waals surface area contributed by atoms with Crippen LogP contribution in [-0.2, 0) is 13.1 Å². The van der Waals surface area contributed by atoms with Gasteiger partial charge in [0.2, 0.25) is 0 Å². The number of hydrogen-bond donors (Lipinski definition) is 1. The monoisotopic (exact) mass is 467 g/mol. The molecule has 4 heterocycles.